The van der Waals surface area contributed by atoms with Gasteiger partial charge >= 0.3 is 0 Å². The first-order valence-electron chi connectivity index (χ1n) is 5.20. The van der Waals surface area contributed by atoms with E-state index in [1.54, 1.807) is 34.5 Å². The van der Waals surface area contributed by atoms with Gasteiger partial charge in [0.15, 0.2) is 5.82 Å². The second-order valence-corrected chi connectivity index (χ2v) is 4.87. The number of halogens is 1. The molecule has 90 valence electrons. The van der Waals surface area contributed by atoms with Crippen LogP contribution in [0, 0.1) is 6.92 Å². The summed E-state index contributed by atoms with van der Waals surface area (Å²) < 4.78 is 1.56. The molecule has 0 aliphatic carbocycles. The van der Waals surface area contributed by atoms with Crippen LogP contribution in [0.5, 0.6) is 0 Å². The quantitative estimate of drug-likeness (QED) is 0.723. The maximum Gasteiger partial charge on any atom is 0.255 e. The highest BCUT2D eigenvalue weighted by molar-refractivity contribution is 7.13. The SMILES string of the molecule is Cc1ccsc1-c1nc(Cl)nc(-n2cccn2)n1. The molecule has 3 rings (SSSR count). The molecule has 0 N–H and O–H groups in total. The van der Waals surface area contributed by atoms with Crippen LogP contribution in [0.15, 0.2) is 29.9 Å². The van der Waals surface area contributed by atoms with Crippen LogP contribution in [0.3, 0.4) is 0 Å². The molecule has 0 saturated heterocycles. The van der Waals surface area contributed by atoms with Gasteiger partial charge in [-0.05, 0) is 41.6 Å². The Morgan fingerprint density at radius 2 is 2.17 bits per heavy atom. The monoisotopic (exact) mass is 277 g/mol. The Labute approximate surface area is 112 Å². The summed E-state index contributed by atoms with van der Waals surface area (Å²) in [4.78, 5) is 13.6. The van der Waals surface area contributed by atoms with Crippen molar-refractivity contribution in [2.24, 2.45) is 0 Å². The van der Waals surface area contributed by atoms with Gasteiger partial charge in [-0.2, -0.15) is 20.1 Å². The van der Waals surface area contributed by atoms with Gasteiger partial charge in [0.25, 0.3) is 5.95 Å². The van der Waals surface area contributed by atoms with Gasteiger partial charge in [0, 0.05) is 12.4 Å². The minimum absolute atomic E-state index is 0.165. The van der Waals surface area contributed by atoms with Crippen LogP contribution in [0.4, 0.5) is 0 Å². The van der Waals surface area contributed by atoms with Gasteiger partial charge < -0.3 is 0 Å². The van der Waals surface area contributed by atoms with Gasteiger partial charge in [0.1, 0.15) is 0 Å². The Morgan fingerprint density at radius 3 is 2.83 bits per heavy atom. The molecule has 0 spiro atoms. The second-order valence-electron chi connectivity index (χ2n) is 3.61. The van der Waals surface area contributed by atoms with Gasteiger partial charge in [-0.3, -0.25) is 0 Å². The number of rotatable bonds is 2. The maximum absolute atomic E-state index is 5.94. The minimum Gasteiger partial charge on any atom is -0.206 e. The predicted octanol–water partition coefficient (Wildman–Crippen LogP) is 2.75. The average molecular weight is 278 g/mol. The molecule has 0 aliphatic rings. The molecular weight excluding hydrogens is 270 g/mol. The van der Waals surface area contributed by atoms with E-state index in [1.165, 1.54) is 0 Å². The van der Waals surface area contributed by atoms with E-state index in [4.69, 9.17) is 11.6 Å². The minimum atomic E-state index is 0.165. The van der Waals surface area contributed by atoms with Gasteiger partial charge in [0.2, 0.25) is 5.28 Å². The van der Waals surface area contributed by atoms with E-state index >= 15 is 0 Å². The summed E-state index contributed by atoms with van der Waals surface area (Å²) in [5.41, 5.74) is 1.12. The van der Waals surface area contributed by atoms with Crippen molar-refractivity contribution in [3.05, 3.63) is 40.8 Å². The molecule has 3 aromatic heterocycles. The third-order valence-corrected chi connectivity index (χ3v) is 3.55. The fourth-order valence-electron chi connectivity index (χ4n) is 1.53. The molecule has 5 nitrogen and oxygen atoms in total. The maximum atomic E-state index is 5.94. The highest BCUT2D eigenvalue weighted by atomic mass is 35.5. The first kappa shape index (κ1) is 11.3. The molecule has 0 atom stereocenters. The van der Waals surface area contributed by atoms with Crippen LogP contribution in [0.1, 0.15) is 5.56 Å². The van der Waals surface area contributed by atoms with E-state index in [2.05, 4.69) is 20.1 Å². The summed E-state index contributed by atoms with van der Waals surface area (Å²) in [6, 6.07) is 3.82. The number of hydrogen-bond donors (Lipinski definition) is 0. The topological polar surface area (TPSA) is 56.5 Å². The van der Waals surface area contributed by atoms with Crippen molar-refractivity contribution in [3.8, 4) is 16.6 Å². The normalized spacial score (nSPS) is 10.8. The standard InChI is InChI=1S/C11H8ClN5S/c1-7-3-6-18-8(7)9-14-10(12)16-11(15-9)17-5-2-4-13-17/h2-6H,1H3. The molecule has 0 aliphatic heterocycles. The van der Waals surface area contributed by atoms with E-state index in [1.807, 2.05) is 18.4 Å². The van der Waals surface area contributed by atoms with Crippen molar-refractivity contribution in [2.45, 2.75) is 6.92 Å². The zero-order chi connectivity index (χ0) is 12.5. The van der Waals surface area contributed by atoms with Crippen LogP contribution < -0.4 is 0 Å². The third-order valence-electron chi connectivity index (χ3n) is 2.37. The highest BCUT2D eigenvalue weighted by Gasteiger charge is 2.11. The zero-order valence-electron chi connectivity index (χ0n) is 9.41. The van der Waals surface area contributed by atoms with Crippen molar-refractivity contribution in [2.75, 3.05) is 0 Å². The van der Waals surface area contributed by atoms with Gasteiger partial charge in [-0.25, -0.2) is 4.68 Å². The van der Waals surface area contributed by atoms with Crippen LogP contribution in [-0.4, -0.2) is 24.7 Å². The number of thiophene rings is 1. The Hall–Kier alpha value is -1.79. The first-order chi connectivity index (χ1) is 8.74. The van der Waals surface area contributed by atoms with Crippen LogP contribution in [0.25, 0.3) is 16.6 Å². The zero-order valence-corrected chi connectivity index (χ0v) is 11.0. The number of aryl methyl sites for hydroxylation is 1. The highest BCUT2D eigenvalue weighted by Crippen LogP contribution is 2.26. The van der Waals surface area contributed by atoms with Crippen LogP contribution in [-0.2, 0) is 0 Å². The molecule has 18 heavy (non-hydrogen) atoms. The van der Waals surface area contributed by atoms with Gasteiger partial charge in [-0.15, -0.1) is 11.3 Å². The summed E-state index contributed by atoms with van der Waals surface area (Å²) in [6.45, 7) is 2.01. The Bertz CT molecular complexity index is 677. The van der Waals surface area contributed by atoms with Crippen LogP contribution in [0.2, 0.25) is 5.28 Å². The van der Waals surface area contributed by atoms with Gasteiger partial charge in [-0.1, -0.05) is 0 Å². The van der Waals surface area contributed by atoms with Crippen molar-refractivity contribution in [1.29, 1.82) is 0 Å². The van der Waals surface area contributed by atoms with Crippen molar-refractivity contribution >= 4 is 22.9 Å². The first-order valence-corrected chi connectivity index (χ1v) is 6.46. The molecule has 0 radical (unpaired) electrons. The van der Waals surface area contributed by atoms with Crippen LogP contribution >= 0.6 is 22.9 Å². The van der Waals surface area contributed by atoms with E-state index < -0.39 is 0 Å². The molecule has 0 bridgehead atoms. The molecule has 3 aromatic rings. The molecular formula is C11H8ClN5S. The van der Waals surface area contributed by atoms with Crippen molar-refractivity contribution < 1.29 is 0 Å². The lowest BCUT2D eigenvalue weighted by Crippen LogP contribution is -2.04. The Kier molecular flexibility index (Phi) is 2.81. The molecule has 0 amide bonds. The van der Waals surface area contributed by atoms with Crippen molar-refractivity contribution in [1.82, 2.24) is 24.7 Å². The Morgan fingerprint density at radius 1 is 1.28 bits per heavy atom. The lowest BCUT2D eigenvalue weighted by Gasteiger charge is -2.03. The molecule has 0 saturated carbocycles. The average Bonchev–Trinajstić information content (AvgIpc) is 2.98. The van der Waals surface area contributed by atoms with E-state index in [0.29, 0.717) is 11.8 Å². The number of nitrogens with zero attached hydrogens (tertiary/aromatic N) is 5. The number of aromatic nitrogens is 5. The summed E-state index contributed by atoms with van der Waals surface area (Å²) >= 11 is 7.51. The fraction of sp³-hybridized carbons (Fsp3) is 0.0909. The summed E-state index contributed by atoms with van der Waals surface area (Å²) in [6.07, 6.45) is 3.42. The number of hydrogen-bond acceptors (Lipinski definition) is 5. The molecule has 7 heteroatoms. The summed E-state index contributed by atoms with van der Waals surface area (Å²) in [7, 11) is 0. The largest absolute Gasteiger partial charge is 0.255 e. The van der Waals surface area contributed by atoms with Crippen molar-refractivity contribution in [3.63, 3.8) is 0 Å². The molecule has 0 aromatic carbocycles. The summed E-state index contributed by atoms with van der Waals surface area (Å²) in [5.74, 6) is 0.996. The third kappa shape index (κ3) is 2.00. The molecule has 0 unspecified atom stereocenters. The summed E-state index contributed by atoms with van der Waals surface area (Å²) in [5, 5.41) is 6.24. The molecule has 0 fully saturated rings. The lowest BCUT2D eigenvalue weighted by molar-refractivity contribution is 0.798. The fourth-order valence-corrected chi connectivity index (χ4v) is 2.55. The van der Waals surface area contributed by atoms with E-state index in [-0.39, 0.29) is 5.28 Å². The second kappa shape index (κ2) is 4.47. The smallest absolute Gasteiger partial charge is 0.206 e. The van der Waals surface area contributed by atoms with E-state index in [9.17, 15) is 0 Å². The predicted molar refractivity (Wildman–Crippen MR) is 70.0 cm³/mol. The molecule has 3 heterocycles. The Balaban J connectivity index is 2.15. The van der Waals surface area contributed by atoms with Gasteiger partial charge in [0.05, 0.1) is 4.88 Å². The van der Waals surface area contributed by atoms with E-state index in [0.717, 1.165) is 10.4 Å². The lowest BCUT2D eigenvalue weighted by atomic mass is 10.3.